The van der Waals surface area contributed by atoms with E-state index in [-0.39, 0.29) is 23.0 Å². The summed E-state index contributed by atoms with van der Waals surface area (Å²) in [5, 5.41) is 9.88. The first-order valence-electron chi connectivity index (χ1n) is 9.91. The minimum absolute atomic E-state index is 0.0994. The molecule has 1 aliphatic heterocycles. The van der Waals surface area contributed by atoms with Crippen molar-refractivity contribution < 1.29 is 27.4 Å². The molecule has 0 spiro atoms. The zero-order valence-corrected chi connectivity index (χ0v) is 18.4. The molecular weight excluding hydrogens is 461 g/mol. The summed E-state index contributed by atoms with van der Waals surface area (Å²) in [6.07, 6.45) is -4.83. The van der Waals surface area contributed by atoms with Crippen LogP contribution >= 0.6 is 11.6 Å². The lowest BCUT2D eigenvalue weighted by Crippen LogP contribution is -2.35. The Morgan fingerprint density at radius 3 is 2.48 bits per heavy atom. The number of rotatable bonds is 5. The lowest BCUT2D eigenvalue weighted by atomic mass is 9.97. The average molecular weight is 481 g/mol. The van der Waals surface area contributed by atoms with Gasteiger partial charge in [-0.2, -0.15) is 18.3 Å². The Morgan fingerprint density at radius 1 is 1.15 bits per heavy atom. The summed E-state index contributed by atoms with van der Waals surface area (Å²) in [6.45, 7) is 0. The molecule has 2 heterocycles. The van der Waals surface area contributed by atoms with E-state index in [1.165, 1.54) is 26.4 Å². The van der Waals surface area contributed by atoms with E-state index in [0.29, 0.717) is 22.7 Å². The molecule has 174 valence electrons. The highest BCUT2D eigenvalue weighted by Crippen LogP contribution is 2.43. The van der Waals surface area contributed by atoms with Crippen molar-refractivity contribution in [2.45, 2.75) is 24.7 Å². The SMILES string of the molecule is COc1ccc(C2CC(C(F)(F)F)n3nc(C(=O)Nc4ccc(OC)c(Cl)c4)cc3N2)cc1. The smallest absolute Gasteiger partial charge is 0.410 e. The van der Waals surface area contributed by atoms with Crippen molar-refractivity contribution in [3.05, 3.63) is 64.8 Å². The van der Waals surface area contributed by atoms with Crippen LogP contribution in [0.4, 0.5) is 24.7 Å². The van der Waals surface area contributed by atoms with E-state index in [4.69, 9.17) is 21.1 Å². The molecule has 4 rings (SSSR count). The van der Waals surface area contributed by atoms with Gasteiger partial charge in [-0.1, -0.05) is 23.7 Å². The molecule has 2 N–H and O–H groups in total. The van der Waals surface area contributed by atoms with E-state index in [1.54, 1.807) is 36.4 Å². The van der Waals surface area contributed by atoms with Gasteiger partial charge in [0.15, 0.2) is 11.7 Å². The number of nitrogens with one attached hydrogen (secondary N) is 2. The molecule has 2 unspecified atom stereocenters. The molecule has 0 bridgehead atoms. The second-order valence-electron chi connectivity index (χ2n) is 7.43. The summed E-state index contributed by atoms with van der Waals surface area (Å²) in [5.41, 5.74) is 0.860. The van der Waals surface area contributed by atoms with E-state index in [0.717, 1.165) is 4.68 Å². The van der Waals surface area contributed by atoms with E-state index in [9.17, 15) is 18.0 Å². The molecule has 1 aromatic heterocycles. The second kappa shape index (κ2) is 8.86. The van der Waals surface area contributed by atoms with Crippen molar-refractivity contribution in [1.82, 2.24) is 9.78 Å². The van der Waals surface area contributed by atoms with Crippen LogP contribution in [-0.2, 0) is 0 Å². The Hall–Kier alpha value is -3.40. The van der Waals surface area contributed by atoms with E-state index in [1.807, 2.05) is 0 Å². The largest absolute Gasteiger partial charge is 0.497 e. The second-order valence-corrected chi connectivity index (χ2v) is 7.83. The van der Waals surface area contributed by atoms with Crippen molar-refractivity contribution in [2.24, 2.45) is 0 Å². The topological polar surface area (TPSA) is 77.4 Å². The third-order valence-electron chi connectivity index (χ3n) is 5.35. The van der Waals surface area contributed by atoms with Gasteiger partial charge in [-0.25, -0.2) is 4.68 Å². The number of amides is 1. The standard InChI is InChI=1S/C22H20ClF3N4O3/c1-32-14-6-3-12(4-7-14)16-10-19(22(24,25)26)30-20(28-16)11-17(29-30)21(31)27-13-5-8-18(33-2)15(23)9-13/h3-9,11,16,19,28H,10H2,1-2H3,(H,27,31). The molecule has 1 aliphatic rings. The minimum atomic E-state index is -4.55. The maximum atomic E-state index is 13.9. The van der Waals surface area contributed by atoms with Crippen molar-refractivity contribution in [2.75, 3.05) is 24.9 Å². The number of fused-ring (bicyclic) bond motifs is 1. The van der Waals surface area contributed by atoms with Crippen LogP contribution in [0.2, 0.25) is 5.02 Å². The molecule has 2 aromatic carbocycles. The Labute approximate surface area is 192 Å². The number of ether oxygens (including phenoxy) is 2. The monoisotopic (exact) mass is 480 g/mol. The van der Waals surface area contributed by atoms with Gasteiger partial charge in [0, 0.05) is 18.2 Å². The van der Waals surface area contributed by atoms with Crippen LogP contribution in [0.1, 0.15) is 34.6 Å². The molecule has 0 saturated heterocycles. The van der Waals surface area contributed by atoms with Crippen LogP contribution in [0.5, 0.6) is 11.5 Å². The van der Waals surface area contributed by atoms with Gasteiger partial charge in [0.25, 0.3) is 5.91 Å². The van der Waals surface area contributed by atoms with E-state index < -0.39 is 24.2 Å². The van der Waals surface area contributed by atoms with Crippen LogP contribution < -0.4 is 20.1 Å². The lowest BCUT2D eigenvalue weighted by molar-refractivity contribution is -0.173. The fraction of sp³-hybridized carbons (Fsp3) is 0.273. The summed E-state index contributed by atoms with van der Waals surface area (Å²) in [5.74, 6) is 0.461. The first-order valence-corrected chi connectivity index (χ1v) is 10.3. The van der Waals surface area contributed by atoms with Gasteiger partial charge < -0.3 is 20.1 Å². The van der Waals surface area contributed by atoms with Gasteiger partial charge in [0.05, 0.1) is 25.3 Å². The van der Waals surface area contributed by atoms with Crippen molar-refractivity contribution in [1.29, 1.82) is 0 Å². The number of hydrogen-bond acceptors (Lipinski definition) is 5. The van der Waals surface area contributed by atoms with Crippen molar-refractivity contribution >= 4 is 29.0 Å². The molecule has 2 atom stereocenters. The normalized spacial score (nSPS) is 17.6. The zero-order valence-electron chi connectivity index (χ0n) is 17.6. The minimum Gasteiger partial charge on any atom is -0.497 e. The molecule has 7 nitrogen and oxygen atoms in total. The van der Waals surface area contributed by atoms with Gasteiger partial charge in [0.2, 0.25) is 0 Å². The molecule has 11 heteroatoms. The quantitative estimate of drug-likeness (QED) is 0.506. The zero-order chi connectivity index (χ0) is 23.8. The molecule has 0 fully saturated rings. The van der Waals surface area contributed by atoms with E-state index in [2.05, 4.69) is 15.7 Å². The van der Waals surface area contributed by atoms with Gasteiger partial charge in [0.1, 0.15) is 17.3 Å². The fourth-order valence-corrected chi connectivity index (χ4v) is 3.94. The van der Waals surface area contributed by atoms with Gasteiger partial charge in [-0.05, 0) is 35.9 Å². The van der Waals surface area contributed by atoms with Crippen LogP contribution in [0.15, 0.2) is 48.5 Å². The number of carbonyl (C=O) groups is 1. The number of benzene rings is 2. The molecule has 0 saturated carbocycles. The van der Waals surface area contributed by atoms with Crippen LogP contribution in [0.3, 0.4) is 0 Å². The number of anilines is 2. The maximum absolute atomic E-state index is 13.9. The third-order valence-corrected chi connectivity index (χ3v) is 5.65. The molecule has 1 amide bonds. The van der Waals surface area contributed by atoms with Crippen LogP contribution in [0.25, 0.3) is 0 Å². The van der Waals surface area contributed by atoms with Gasteiger partial charge in [-0.3, -0.25) is 4.79 Å². The number of halogens is 4. The average Bonchev–Trinajstić information content (AvgIpc) is 3.22. The molecule has 0 aliphatic carbocycles. The van der Waals surface area contributed by atoms with Gasteiger partial charge in [-0.15, -0.1) is 0 Å². The Kier molecular flexibility index (Phi) is 6.11. The third kappa shape index (κ3) is 4.70. The lowest BCUT2D eigenvalue weighted by Gasteiger charge is -2.33. The number of methoxy groups -OCH3 is 2. The fourth-order valence-electron chi connectivity index (χ4n) is 3.68. The Morgan fingerprint density at radius 2 is 1.88 bits per heavy atom. The number of alkyl halides is 3. The predicted molar refractivity (Wildman–Crippen MR) is 117 cm³/mol. The van der Waals surface area contributed by atoms with Crippen molar-refractivity contribution in [3.8, 4) is 11.5 Å². The molecular formula is C22H20ClF3N4O3. The number of carbonyl (C=O) groups excluding carboxylic acids is 1. The van der Waals surface area contributed by atoms with Crippen molar-refractivity contribution in [3.63, 3.8) is 0 Å². The maximum Gasteiger partial charge on any atom is 0.410 e. The summed E-state index contributed by atoms with van der Waals surface area (Å²) >= 11 is 6.07. The summed E-state index contributed by atoms with van der Waals surface area (Å²) in [6, 6.07) is 10.2. The first kappa shape index (κ1) is 22.8. The molecule has 0 radical (unpaired) electrons. The van der Waals surface area contributed by atoms with E-state index >= 15 is 0 Å². The predicted octanol–water partition coefficient (Wildman–Crippen LogP) is 5.47. The highest BCUT2D eigenvalue weighted by molar-refractivity contribution is 6.32. The molecule has 33 heavy (non-hydrogen) atoms. The highest BCUT2D eigenvalue weighted by atomic mass is 35.5. The molecule has 3 aromatic rings. The first-order chi connectivity index (χ1) is 15.7. The summed E-state index contributed by atoms with van der Waals surface area (Å²) < 4.78 is 52.6. The number of hydrogen-bond donors (Lipinski definition) is 2. The number of aromatic nitrogens is 2. The van der Waals surface area contributed by atoms with Crippen LogP contribution in [-0.4, -0.2) is 36.1 Å². The number of nitrogens with zero attached hydrogens (tertiary/aromatic N) is 2. The highest BCUT2D eigenvalue weighted by Gasteiger charge is 2.46. The Bertz CT molecular complexity index is 1160. The van der Waals surface area contributed by atoms with Gasteiger partial charge >= 0.3 is 6.18 Å². The van der Waals surface area contributed by atoms with Crippen LogP contribution in [0, 0.1) is 0 Å². The summed E-state index contributed by atoms with van der Waals surface area (Å²) in [4.78, 5) is 12.7. The Balaban J connectivity index is 1.61. The summed E-state index contributed by atoms with van der Waals surface area (Å²) in [7, 11) is 2.97.